The van der Waals surface area contributed by atoms with Crippen LogP contribution in [-0.2, 0) is 0 Å². The van der Waals surface area contributed by atoms with Crippen LogP contribution in [0, 0.1) is 6.92 Å². The van der Waals surface area contributed by atoms with Gasteiger partial charge in [0.25, 0.3) is 0 Å². The summed E-state index contributed by atoms with van der Waals surface area (Å²) in [5, 5.41) is 0. The Labute approximate surface area is 180 Å². The van der Waals surface area contributed by atoms with Gasteiger partial charge >= 0.3 is 0 Å². The molecule has 2 nitrogen and oxygen atoms in total. The molecule has 0 spiro atoms. The average Bonchev–Trinajstić information content (AvgIpc) is 3.23. The molecule has 2 aromatic heterocycles. The third kappa shape index (κ3) is 3.70. The fraction of sp³-hybridized carbons (Fsp3) is 0.250. The molecule has 0 unspecified atom stereocenters. The highest BCUT2D eigenvalue weighted by molar-refractivity contribution is 5.73. The maximum absolute atomic E-state index is 4.39. The molecule has 30 heavy (non-hydrogen) atoms. The van der Waals surface area contributed by atoms with Crippen molar-refractivity contribution >= 4 is 0 Å². The molecule has 0 aliphatic heterocycles. The topological polar surface area (TPSA) is 17.8 Å². The summed E-state index contributed by atoms with van der Waals surface area (Å²) in [5.41, 5.74) is 10.2. The van der Waals surface area contributed by atoms with Crippen LogP contribution in [0.2, 0.25) is 0 Å². The number of rotatable bonds is 5. The van der Waals surface area contributed by atoms with E-state index in [-0.39, 0.29) is 0 Å². The van der Waals surface area contributed by atoms with Crippen molar-refractivity contribution in [3.05, 3.63) is 95.9 Å². The van der Waals surface area contributed by atoms with E-state index in [4.69, 9.17) is 0 Å². The Bertz CT molecular complexity index is 1120. The minimum atomic E-state index is 0.403. The van der Waals surface area contributed by atoms with Gasteiger partial charge in [0.05, 0.1) is 11.4 Å². The van der Waals surface area contributed by atoms with Crippen molar-refractivity contribution in [2.24, 2.45) is 0 Å². The van der Waals surface area contributed by atoms with Crippen molar-refractivity contribution in [1.82, 2.24) is 9.55 Å². The maximum Gasteiger partial charge on any atom is 0.0528 e. The fourth-order valence-electron chi connectivity index (χ4n) is 4.18. The van der Waals surface area contributed by atoms with Gasteiger partial charge in [0.1, 0.15) is 0 Å². The molecular weight excluding hydrogens is 364 g/mol. The highest BCUT2D eigenvalue weighted by Crippen LogP contribution is 2.38. The number of aryl methyl sites for hydroxylation is 1. The summed E-state index contributed by atoms with van der Waals surface area (Å²) in [7, 11) is 0. The Morgan fingerprint density at radius 3 is 2.03 bits per heavy atom. The second-order valence-electron chi connectivity index (χ2n) is 8.63. The van der Waals surface area contributed by atoms with Crippen molar-refractivity contribution in [3.8, 4) is 28.1 Å². The van der Waals surface area contributed by atoms with E-state index >= 15 is 0 Å². The van der Waals surface area contributed by atoms with E-state index in [0.717, 1.165) is 0 Å². The van der Waals surface area contributed by atoms with E-state index in [1.54, 1.807) is 0 Å². The highest BCUT2D eigenvalue weighted by Gasteiger charge is 2.20. The zero-order valence-electron chi connectivity index (χ0n) is 18.6. The van der Waals surface area contributed by atoms with Crippen molar-refractivity contribution in [2.75, 3.05) is 0 Å². The summed E-state index contributed by atoms with van der Waals surface area (Å²) in [5.74, 6) is 0.806. The smallest absolute Gasteiger partial charge is 0.0528 e. The molecule has 4 aromatic rings. The Kier molecular flexibility index (Phi) is 5.59. The fourth-order valence-corrected chi connectivity index (χ4v) is 4.18. The molecule has 0 N–H and O–H groups in total. The Balaban J connectivity index is 2.00. The van der Waals surface area contributed by atoms with Crippen LogP contribution in [0.15, 0.2) is 79.3 Å². The molecule has 0 aliphatic rings. The first-order chi connectivity index (χ1) is 14.5. The van der Waals surface area contributed by atoms with E-state index in [9.17, 15) is 0 Å². The second-order valence-corrected chi connectivity index (χ2v) is 8.63. The van der Waals surface area contributed by atoms with Gasteiger partial charge in [-0.15, -0.1) is 0 Å². The summed E-state index contributed by atoms with van der Waals surface area (Å²) >= 11 is 0. The quantitative estimate of drug-likeness (QED) is 0.338. The van der Waals surface area contributed by atoms with Crippen LogP contribution in [0.5, 0.6) is 0 Å². The minimum absolute atomic E-state index is 0.403. The van der Waals surface area contributed by atoms with Gasteiger partial charge in [0.15, 0.2) is 0 Å². The number of pyridine rings is 1. The van der Waals surface area contributed by atoms with Crippen LogP contribution in [0.3, 0.4) is 0 Å². The van der Waals surface area contributed by atoms with Crippen molar-refractivity contribution in [3.63, 3.8) is 0 Å². The van der Waals surface area contributed by atoms with Gasteiger partial charge < -0.3 is 4.57 Å². The summed E-state index contributed by atoms with van der Waals surface area (Å²) < 4.78 is 2.37. The van der Waals surface area contributed by atoms with Crippen LogP contribution in [0.25, 0.3) is 28.1 Å². The number of aromatic nitrogens is 2. The maximum atomic E-state index is 4.39. The molecule has 0 amide bonds. The first-order valence-electron chi connectivity index (χ1n) is 10.8. The van der Waals surface area contributed by atoms with Crippen LogP contribution >= 0.6 is 0 Å². The molecule has 0 saturated heterocycles. The molecule has 0 radical (unpaired) electrons. The summed E-state index contributed by atoms with van der Waals surface area (Å²) in [6, 6.07) is 21.8. The van der Waals surface area contributed by atoms with Gasteiger partial charge in [0.2, 0.25) is 0 Å². The molecule has 4 rings (SSSR count). The Morgan fingerprint density at radius 2 is 1.43 bits per heavy atom. The van der Waals surface area contributed by atoms with Crippen LogP contribution in [0.4, 0.5) is 0 Å². The Hall–Kier alpha value is -3.13. The Morgan fingerprint density at radius 1 is 0.767 bits per heavy atom. The second kappa shape index (κ2) is 8.31. The van der Waals surface area contributed by atoms with Crippen LogP contribution in [-0.4, -0.2) is 9.55 Å². The highest BCUT2D eigenvalue weighted by atomic mass is 15.0. The zero-order valence-corrected chi connectivity index (χ0v) is 18.6. The summed E-state index contributed by atoms with van der Waals surface area (Å²) in [6.07, 6.45) is 6.06. The number of hydrogen-bond donors (Lipinski definition) is 0. The van der Waals surface area contributed by atoms with Gasteiger partial charge in [-0.05, 0) is 76.9 Å². The van der Waals surface area contributed by atoms with Crippen molar-refractivity contribution < 1.29 is 0 Å². The zero-order chi connectivity index (χ0) is 21.3. The first kappa shape index (κ1) is 20.2. The SMILES string of the molecule is Cc1ccncc1-c1cc(C(C)C)c(-n2cccc2-c2ccccc2)c(C(C)C)c1. The molecule has 0 fully saturated rings. The lowest BCUT2D eigenvalue weighted by Crippen LogP contribution is -2.08. The molecule has 0 aliphatic carbocycles. The lowest BCUT2D eigenvalue weighted by Gasteiger charge is -2.24. The largest absolute Gasteiger partial charge is 0.316 e. The predicted molar refractivity (Wildman–Crippen MR) is 127 cm³/mol. The van der Waals surface area contributed by atoms with Gasteiger partial charge in [0, 0.05) is 24.2 Å². The molecular formula is C28H30N2. The number of nitrogens with zero attached hydrogens (tertiary/aromatic N) is 2. The lowest BCUT2D eigenvalue weighted by atomic mass is 9.87. The molecule has 2 heterocycles. The molecule has 2 heteroatoms. The van der Waals surface area contributed by atoms with Gasteiger partial charge in [-0.2, -0.15) is 0 Å². The summed E-state index contributed by atoms with van der Waals surface area (Å²) in [4.78, 5) is 4.39. The first-order valence-corrected chi connectivity index (χ1v) is 10.8. The standard InChI is InChI=1S/C28H30N2/c1-19(2)24-16-23(26-18-29-14-13-21(26)5)17-25(20(3)4)28(24)30-15-9-12-27(30)22-10-7-6-8-11-22/h6-20H,1-5H3. The molecule has 0 saturated carbocycles. The van der Waals surface area contributed by atoms with Gasteiger partial charge in [-0.3, -0.25) is 4.98 Å². The number of benzene rings is 2. The van der Waals surface area contributed by atoms with Crippen LogP contribution in [0.1, 0.15) is 56.2 Å². The molecule has 0 bridgehead atoms. The van der Waals surface area contributed by atoms with Gasteiger partial charge in [-0.25, -0.2) is 0 Å². The lowest BCUT2D eigenvalue weighted by molar-refractivity contribution is 0.808. The van der Waals surface area contributed by atoms with E-state index in [0.29, 0.717) is 11.8 Å². The predicted octanol–water partition coefficient (Wildman–Crippen LogP) is 7.76. The van der Waals surface area contributed by atoms with E-state index < -0.39 is 0 Å². The van der Waals surface area contributed by atoms with E-state index in [1.165, 1.54) is 44.8 Å². The minimum Gasteiger partial charge on any atom is -0.316 e. The normalized spacial score (nSPS) is 11.4. The van der Waals surface area contributed by atoms with Crippen molar-refractivity contribution in [2.45, 2.75) is 46.5 Å². The molecule has 0 atom stereocenters. The molecule has 152 valence electrons. The monoisotopic (exact) mass is 394 g/mol. The van der Waals surface area contributed by atoms with E-state index in [1.807, 2.05) is 12.4 Å². The van der Waals surface area contributed by atoms with E-state index in [2.05, 4.69) is 111 Å². The number of hydrogen-bond acceptors (Lipinski definition) is 1. The summed E-state index contributed by atoms with van der Waals surface area (Å²) in [6.45, 7) is 11.3. The average molecular weight is 395 g/mol. The van der Waals surface area contributed by atoms with Gasteiger partial charge in [-0.1, -0.05) is 58.0 Å². The third-order valence-corrected chi connectivity index (χ3v) is 5.82. The van der Waals surface area contributed by atoms with Crippen molar-refractivity contribution in [1.29, 1.82) is 0 Å². The third-order valence-electron chi connectivity index (χ3n) is 5.82. The van der Waals surface area contributed by atoms with Crippen LogP contribution < -0.4 is 0 Å². The molecule has 2 aromatic carbocycles.